The molecule has 0 radical (unpaired) electrons. The van der Waals surface area contributed by atoms with Crippen LogP contribution < -0.4 is 5.56 Å². The molecule has 0 spiro atoms. The second kappa shape index (κ2) is 3.66. The first kappa shape index (κ1) is 10.7. The minimum Gasteiger partial charge on any atom is -0.320 e. The fourth-order valence-electron chi connectivity index (χ4n) is 1.78. The molecule has 2 rings (SSSR count). The minimum atomic E-state index is -0.363. The third-order valence-corrected chi connectivity index (χ3v) is 3.16. The van der Waals surface area contributed by atoms with Gasteiger partial charge in [0.2, 0.25) is 0 Å². The van der Waals surface area contributed by atoms with Gasteiger partial charge in [0.05, 0.1) is 5.52 Å². The lowest BCUT2D eigenvalue weighted by Crippen LogP contribution is -2.12. The smallest absolute Gasteiger partial charge is 0.266 e. The van der Waals surface area contributed by atoms with E-state index in [0.717, 1.165) is 10.9 Å². The van der Waals surface area contributed by atoms with Crippen molar-refractivity contribution >= 4 is 22.5 Å². The monoisotopic (exact) mass is 232 g/mol. The number of aromatic nitrogens is 1. The molecule has 0 saturated carbocycles. The molecule has 0 bridgehead atoms. The van der Waals surface area contributed by atoms with E-state index in [1.807, 2.05) is 19.1 Å². The van der Waals surface area contributed by atoms with E-state index in [0.29, 0.717) is 16.1 Å². The number of aryl methyl sites for hydroxylation is 2. The van der Waals surface area contributed by atoms with Gasteiger partial charge < -0.3 is 4.98 Å². The fraction of sp³-hybridized carbons (Fsp3) is 0.167. The molecule has 1 N–H and O–H groups in total. The lowest BCUT2D eigenvalue weighted by atomic mass is 10.0. The number of H-pyrrole nitrogens is 1. The summed E-state index contributed by atoms with van der Waals surface area (Å²) in [6, 6.07) is 5.50. The van der Waals surface area contributed by atoms with Crippen molar-refractivity contribution in [3.8, 4) is 6.07 Å². The van der Waals surface area contributed by atoms with Crippen LogP contribution in [0.25, 0.3) is 10.9 Å². The quantitative estimate of drug-likeness (QED) is 0.759. The summed E-state index contributed by atoms with van der Waals surface area (Å²) in [5, 5.41) is 10.3. The molecule has 80 valence electrons. The average molecular weight is 233 g/mol. The summed E-state index contributed by atoms with van der Waals surface area (Å²) < 4.78 is 0. The molecular weight excluding hydrogens is 224 g/mol. The Morgan fingerprint density at radius 2 is 2.00 bits per heavy atom. The SMILES string of the molecule is Cc1c(C#N)c(=O)[nH]c2c(C)c(Cl)ccc12. The Balaban J connectivity index is 3.06. The van der Waals surface area contributed by atoms with Crippen LogP contribution in [0.4, 0.5) is 0 Å². The van der Waals surface area contributed by atoms with E-state index in [4.69, 9.17) is 16.9 Å². The standard InChI is InChI=1S/C12H9ClN2O/c1-6-8-3-4-10(13)7(2)11(8)15-12(16)9(6)5-14/h3-4H,1-2H3,(H,15,16). The van der Waals surface area contributed by atoms with Gasteiger partial charge in [0.25, 0.3) is 5.56 Å². The van der Waals surface area contributed by atoms with E-state index in [2.05, 4.69) is 4.98 Å². The number of fused-ring (bicyclic) bond motifs is 1. The number of nitrogens with zero attached hydrogens (tertiary/aromatic N) is 1. The second-order valence-corrected chi connectivity index (χ2v) is 4.07. The summed E-state index contributed by atoms with van der Waals surface area (Å²) in [4.78, 5) is 14.3. The van der Waals surface area contributed by atoms with Crippen molar-refractivity contribution in [1.29, 1.82) is 5.26 Å². The van der Waals surface area contributed by atoms with Crippen LogP contribution >= 0.6 is 11.6 Å². The van der Waals surface area contributed by atoms with E-state index in [1.54, 1.807) is 13.0 Å². The van der Waals surface area contributed by atoms with Crippen molar-refractivity contribution in [3.63, 3.8) is 0 Å². The fourth-order valence-corrected chi connectivity index (χ4v) is 1.93. The summed E-state index contributed by atoms with van der Waals surface area (Å²) in [7, 11) is 0. The van der Waals surface area contributed by atoms with Crippen molar-refractivity contribution in [2.75, 3.05) is 0 Å². The van der Waals surface area contributed by atoms with Crippen LogP contribution in [0.2, 0.25) is 5.02 Å². The third-order valence-electron chi connectivity index (χ3n) is 2.76. The molecule has 0 fully saturated rings. The van der Waals surface area contributed by atoms with Crippen molar-refractivity contribution in [1.82, 2.24) is 4.98 Å². The molecule has 0 atom stereocenters. The van der Waals surface area contributed by atoms with Gasteiger partial charge in [-0.05, 0) is 31.0 Å². The van der Waals surface area contributed by atoms with Crippen LogP contribution in [0, 0.1) is 25.2 Å². The Morgan fingerprint density at radius 1 is 1.31 bits per heavy atom. The first-order chi connectivity index (χ1) is 7.56. The van der Waals surface area contributed by atoms with Gasteiger partial charge in [-0.15, -0.1) is 0 Å². The van der Waals surface area contributed by atoms with Gasteiger partial charge in [-0.2, -0.15) is 5.26 Å². The molecule has 3 nitrogen and oxygen atoms in total. The van der Waals surface area contributed by atoms with Gasteiger partial charge in [0, 0.05) is 10.4 Å². The van der Waals surface area contributed by atoms with Gasteiger partial charge in [-0.3, -0.25) is 4.79 Å². The highest BCUT2D eigenvalue weighted by atomic mass is 35.5. The normalized spacial score (nSPS) is 10.4. The van der Waals surface area contributed by atoms with Crippen LogP contribution in [-0.4, -0.2) is 4.98 Å². The van der Waals surface area contributed by atoms with Gasteiger partial charge in [-0.25, -0.2) is 0 Å². The summed E-state index contributed by atoms with van der Waals surface area (Å²) >= 11 is 5.98. The minimum absolute atomic E-state index is 0.161. The van der Waals surface area contributed by atoms with E-state index < -0.39 is 0 Å². The Bertz CT molecular complexity index is 680. The molecule has 0 aliphatic rings. The number of pyridine rings is 1. The number of hydrogen-bond acceptors (Lipinski definition) is 2. The van der Waals surface area contributed by atoms with Crippen molar-refractivity contribution in [2.45, 2.75) is 13.8 Å². The number of nitriles is 1. The zero-order valence-corrected chi connectivity index (χ0v) is 9.64. The average Bonchev–Trinajstić information content (AvgIpc) is 2.25. The highest BCUT2D eigenvalue weighted by molar-refractivity contribution is 6.32. The van der Waals surface area contributed by atoms with Gasteiger partial charge in [-0.1, -0.05) is 17.7 Å². The Labute approximate surface area is 97.3 Å². The number of nitrogens with one attached hydrogen (secondary N) is 1. The molecular formula is C12H9ClN2O. The number of halogens is 1. The van der Waals surface area contributed by atoms with E-state index >= 15 is 0 Å². The molecule has 2 aromatic rings. The first-order valence-corrected chi connectivity index (χ1v) is 5.16. The molecule has 4 heteroatoms. The zero-order valence-electron chi connectivity index (χ0n) is 8.89. The highest BCUT2D eigenvalue weighted by Gasteiger charge is 2.10. The van der Waals surface area contributed by atoms with Crippen LogP contribution in [-0.2, 0) is 0 Å². The number of rotatable bonds is 0. The maximum atomic E-state index is 11.6. The van der Waals surface area contributed by atoms with E-state index in [1.165, 1.54) is 0 Å². The van der Waals surface area contributed by atoms with E-state index in [9.17, 15) is 4.79 Å². The summed E-state index contributed by atoms with van der Waals surface area (Å²) in [5.74, 6) is 0. The predicted molar refractivity (Wildman–Crippen MR) is 63.8 cm³/mol. The van der Waals surface area contributed by atoms with Crippen molar-refractivity contribution in [2.24, 2.45) is 0 Å². The molecule has 0 amide bonds. The van der Waals surface area contributed by atoms with Gasteiger partial charge >= 0.3 is 0 Å². The topological polar surface area (TPSA) is 56.6 Å². The maximum absolute atomic E-state index is 11.6. The lowest BCUT2D eigenvalue weighted by molar-refractivity contribution is 1.23. The highest BCUT2D eigenvalue weighted by Crippen LogP contribution is 2.25. The molecule has 1 aromatic heterocycles. The predicted octanol–water partition coefficient (Wildman–Crippen LogP) is 2.67. The zero-order chi connectivity index (χ0) is 11.9. The largest absolute Gasteiger partial charge is 0.320 e. The second-order valence-electron chi connectivity index (χ2n) is 3.66. The molecule has 1 heterocycles. The molecule has 1 aromatic carbocycles. The number of aromatic amines is 1. The van der Waals surface area contributed by atoms with Crippen LogP contribution in [0.3, 0.4) is 0 Å². The molecule has 0 aliphatic carbocycles. The third kappa shape index (κ3) is 1.39. The van der Waals surface area contributed by atoms with Crippen molar-refractivity contribution in [3.05, 3.63) is 44.2 Å². The van der Waals surface area contributed by atoms with Crippen LogP contribution in [0.1, 0.15) is 16.7 Å². The molecule has 16 heavy (non-hydrogen) atoms. The van der Waals surface area contributed by atoms with Crippen LogP contribution in [0.5, 0.6) is 0 Å². The van der Waals surface area contributed by atoms with Crippen molar-refractivity contribution < 1.29 is 0 Å². The Hall–Kier alpha value is -1.79. The molecule has 0 unspecified atom stereocenters. The Kier molecular flexibility index (Phi) is 2.45. The molecule has 0 saturated heterocycles. The summed E-state index contributed by atoms with van der Waals surface area (Å²) in [6.45, 7) is 3.61. The molecule has 0 aliphatic heterocycles. The lowest BCUT2D eigenvalue weighted by Gasteiger charge is -2.07. The van der Waals surface area contributed by atoms with Crippen LogP contribution in [0.15, 0.2) is 16.9 Å². The number of benzene rings is 1. The van der Waals surface area contributed by atoms with E-state index in [-0.39, 0.29) is 11.1 Å². The number of hydrogen-bond donors (Lipinski definition) is 1. The summed E-state index contributed by atoms with van der Waals surface area (Å²) in [5.41, 5.74) is 2.02. The van der Waals surface area contributed by atoms with Gasteiger partial charge in [0.1, 0.15) is 11.6 Å². The summed E-state index contributed by atoms with van der Waals surface area (Å²) in [6.07, 6.45) is 0. The Morgan fingerprint density at radius 3 is 2.62 bits per heavy atom. The maximum Gasteiger partial charge on any atom is 0.266 e. The first-order valence-electron chi connectivity index (χ1n) is 4.78. The van der Waals surface area contributed by atoms with Gasteiger partial charge in [0.15, 0.2) is 0 Å².